The van der Waals surface area contributed by atoms with Gasteiger partial charge in [0.05, 0.1) is 5.56 Å². The molecule has 1 aliphatic heterocycles. The van der Waals surface area contributed by atoms with Crippen LogP contribution >= 0.6 is 21.6 Å². The van der Waals surface area contributed by atoms with Gasteiger partial charge < -0.3 is 23.7 Å². The summed E-state index contributed by atoms with van der Waals surface area (Å²) in [4.78, 5) is 50.4. The molecule has 0 spiro atoms. The van der Waals surface area contributed by atoms with Crippen molar-refractivity contribution in [2.24, 2.45) is 0 Å². The number of halogens is 3. The Hall–Kier alpha value is -2.52. The summed E-state index contributed by atoms with van der Waals surface area (Å²) in [6.45, 7) is 4.05. The second-order valence-corrected chi connectivity index (χ2v) is 9.45. The van der Waals surface area contributed by atoms with E-state index in [0.717, 1.165) is 61.4 Å². The van der Waals surface area contributed by atoms with Crippen LogP contribution < -0.4 is 0 Å². The predicted octanol–water partition coefficient (Wildman–Crippen LogP) is 2.92. The lowest BCUT2D eigenvalue weighted by atomic mass is 9.99. The number of hydrogen-bond donors (Lipinski definition) is 0. The first-order valence-electron chi connectivity index (χ1n) is 9.95. The van der Waals surface area contributed by atoms with Crippen molar-refractivity contribution in [2.75, 3.05) is 6.61 Å². The van der Waals surface area contributed by atoms with Crippen molar-refractivity contribution < 1.29 is 56.0 Å². The SMILES string of the molecule is CC(=O)OCC1O[C@@H](SSc2ccc(C(F)(F)F)cn2)[C@H](OC(C)=O)[C@@H](OC(C)=O)[C@@H]1OC(C)=O. The van der Waals surface area contributed by atoms with Crippen LogP contribution in [0.3, 0.4) is 0 Å². The molecule has 1 unspecified atom stereocenters. The average molecular weight is 542 g/mol. The highest BCUT2D eigenvalue weighted by molar-refractivity contribution is 8.76. The van der Waals surface area contributed by atoms with Crippen molar-refractivity contribution >= 4 is 45.5 Å². The zero-order chi connectivity index (χ0) is 26.3. The van der Waals surface area contributed by atoms with Crippen LogP contribution in [0.5, 0.6) is 0 Å². The number of rotatable bonds is 8. The topological polar surface area (TPSA) is 127 Å². The fourth-order valence-electron chi connectivity index (χ4n) is 2.96. The zero-order valence-corrected chi connectivity index (χ0v) is 20.5. The van der Waals surface area contributed by atoms with E-state index in [9.17, 15) is 32.3 Å². The van der Waals surface area contributed by atoms with E-state index in [-0.39, 0.29) is 5.03 Å². The molecule has 0 aliphatic carbocycles. The molecule has 1 aromatic rings. The van der Waals surface area contributed by atoms with Gasteiger partial charge in [-0.3, -0.25) is 19.2 Å². The van der Waals surface area contributed by atoms with Crippen molar-refractivity contribution in [3.63, 3.8) is 0 Å². The van der Waals surface area contributed by atoms with Crippen molar-refractivity contribution in [1.82, 2.24) is 4.98 Å². The number of aromatic nitrogens is 1. The monoisotopic (exact) mass is 541 g/mol. The number of ether oxygens (including phenoxy) is 5. The van der Waals surface area contributed by atoms with Gasteiger partial charge in [-0.2, -0.15) is 13.2 Å². The number of pyridine rings is 1. The molecule has 0 aromatic carbocycles. The summed E-state index contributed by atoms with van der Waals surface area (Å²) < 4.78 is 65.1. The molecule has 0 amide bonds. The third kappa shape index (κ3) is 8.89. The summed E-state index contributed by atoms with van der Waals surface area (Å²) in [5, 5.41) is 0.177. The Kier molecular flexibility index (Phi) is 10.2. The zero-order valence-electron chi connectivity index (χ0n) is 18.9. The fraction of sp³-hybridized carbons (Fsp3) is 0.550. The molecular weight excluding hydrogens is 519 g/mol. The molecule has 0 N–H and O–H groups in total. The number of carbonyl (C=O) groups excluding carboxylic acids is 4. The summed E-state index contributed by atoms with van der Waals surface area (Å²) >= 11 is 0. The van der Waals surface area contributed by atoms with E-state index in [1.165, 1.54) is 0 Å². The lowest BCUT2D eigenvalue weighted by molar-refractivity contribution is -0.237. The largest absolute Gasteiger partial charge is 0.463 e. The Labute approximate surface area is 205 Å². The normalized spacial score (nSPS) is 24.3. The molecule has 5 atom stereocenters. The number of alkyl halides is 3. The van der Waals surface area contributed by atoms with Crippen LogP contribution in [0.15, 0.2) is 23.4 Å². The average Bonchev–Trinajstić information content (AvgIpc) is 2.73. The highest BCUT2D eigenvalue weighted by Gasteiger charge is 2.52. The van der Waals surface area contributed by atoms with Gasteiger partial charge in [-0.1, -0.05) is 10.8 Å². The Morgan fingerprint density at radius 2 is 1.49 bits per heavy atom. The summed E-state index contributed by atoms with van der Waals surface area (Å²) in [7, 11) is 1.81. The number of carbonyl (C=O) groups is 4. The standard InChI is InChI=1S/C20H22F3NO9S2/c1-9(25)29-8-14-16(30-10(2)26)17(31-11(3)27)18(32-12(4)28)19(33-14)35-34-15-6-5-13(7-24-15)20(21,22)23/h5-7,14,16-19H,8H2,1-4H3/t14?,16-,17+,18-,19+/m1/s1. The third-order valence-corrected chi connectivity index (χ3v) is 6.69. The molecule has 2 heterocycles. The van der Waals surface area contributed by atoms with Crippen LogP contribution in [0.2, 0.25) is 0 Å². The maximum Gasteiger partial charge on any atom is 0.417 e. The van der Waals surface area contributed by atoms with Crippen molar-refractivity contribution in [3.8, 4) is 0 Å². The molecule has 2 rings (SSSR count). The van der Waals surface area contributed by atoms with Gasteiger partial charge in [0.1, 0.15) is 17.7 Å². The van der Waals surface area contributed by atoms with E-state index in [4.69, 9.17) is 23.7 Å². The lowest BCUT2D eigenvalue weighted by Gasteiger charge is -2.43. The van der Waals surface area contributed by atoms with E-state index >= 15 is 0 Å². The molecule has 194 valence electrons. The summed E-state index contributed by atoms with van der Waals surface area (Å²) in [6.07, 6.45) is -8.95. The minimum absolute atomic E-state index is 0.177. The van der Waals surface area contributed by atoms with Gasteiger partial charge >= 0.3 is 30.1 Å². The van der Waals surface area contributed by atoms with Gasteiger partial charge in [0.15, 0.2) is 23.7 Å². The van der Waals surface area contributed by atoms with Crippen molar-refractivity contribution in [2.45, 2.75) is 68.7 Å². The van der Waals surface area contributed by atoms with E-state index in [1.54, 1.807) is 0 Å². The van der Waals surface area contributed by atoms with E-state index in [0.29, 0.717) is 6.20 Å². The van der Waals surface area contributed by atoms with Gasteiger partial charge in [0, 0.05) is 33.9 Å². The van der Waals surface area contributed by atoms with Gasteiger partial charge in [-0.15, -0.1) is 0 Å². The molecular formula is C20H22F3NO9S2. The second-order valence-electron chi connectivity index (χ2n) is 7.13. The van der Waals surface area contributed by atoms with Crippen LogP contribution in [-0.4, -0.2) is 65.3 Å². The summed E-state index contributed by atoms with van der Waals surface area (Å²) in [6, 6.07) is 1.99. The Morgan fingerprint density at radius 1 is 0.914 bits per heavy atom. The van der Waals surface area contributed by atoms with Gasteiger partial charge in [-0.25, -0.2) is 4.98 Å². The van der Waals surface area contributed by atoms with Gasteiger partial charge in [-0.05, 0) is 22.9 Å². The number of nitrogens with zero attached hydrogens (tertiary/aromatic N) is 1. The minimum atomic E-state index is -4.55. The van der Waals surface area contributed by atoms with Crippen molar-refractivity contribution in [1.29, 1.82) is 0 Å². The second kappa shape index (κ2) is 12.4. The smallest absolute Gasteiger partial charge is 0.417 e. The predicted molar refractivity (Wildman–Crippen MR) is 115 cm³/mol. The first-order chi connectivity index (χ1) is 16.3. The highest BCUT2D eigenvalue weighted by atomic mass is 33.1. The summed E-state index contributed by atoms with van der Waals surface area (Å²) in [5.41, 5.74) is -2.02. The van der Waals surface area contributed by atoms with Gasteiger partial charge in [0.2, 0.25) is 0 Å². The minimum Gasteiger partial charge on any atom is -0.463 e. The number of esters is 4. The van der Waals surface area contributed by atoms with Crippen LogP contribution in [0.25, 0.3) is 0 Å². The van der Waals surface area contributed by atoms with Crippen molar-refractivity contribution in [3.05, 3.63) is 23.9 Å². The van der Waals surface area contributed by atoms with Crippen LogP contribution in [-0.2, 0) is 49.0 Å². The van der Waals surface area contributed by atoms with Crippen LogP contribution in [0.1, 0.15) is 33.3 Å². The van der Waals surface area contributed by atoms with E-state index in [1.807, 2.05) is 0 Å². The fourth-order valence-corrected chi connectivity index (χ4v) is 5.22. The Balaban J connectivity index is 2.34. The molecule has 1 saturated heterocycles. The molecule has 35 heavy (non-hydrogen) atoms. The van der Waals surface area contributed by atoms with Crippen LogP contribution in [0.4, 0.5) is 13.2 Å². The molecule has 0 radical (unpaired) electrons. The highest BCUT2D eigenvalue weighted by Crippen LogP contribution is 2.42. The first-order valence-corrected chi connectivity index (χ1v) is 12.2. The Bertz CT molecular complexity index is 929. The molecule has 15 heteroatoms. The molecule has 0 saturated carbocycles. The van der Waals surface area contributed by atoms with Gasteiger partial charge in [0.25, 0.3) is 0 Å². The van der Waals surface area contributed by atoms with Crippen LogP contribution in [0, 0.1) is 0 Å². The quantitative estimate of drug-likeness (QED) is 0.273. The first kappa shape index (κ1) is 28.7. The molecule has 1 fully saturated rings. The third-order valence-electron chi connectivity index (χ3n) is 4.24. The molecule has 1 aliphatic rings. The maximum atomic E-state index is 12.8. The molecule has 0 bridgehead atoms. The Morgan fingerprint density at radius 3 is 1.97 bits per heavy atom. The maximum absolute atomic E-state index is 12.8. The van der Waals surface area contributed by atoms with E-state index < -0.39 is 72.1 Å². The number of hydrogen-bond acceptors (Lipinski definition) is 12. The lowest BCUT2D eigenvalue weighted by Crippen LogP contribution is -2.61. The molecule has 1 aromatic heterocycles. The van der Waals surface area contributed by atoms with E-state index in [2.05, 4.69) is 4.98 Å². The summed E-state index contributed by atoms with van der Waals surface area (Å²) in [5.74, 6) is -2.97. The molecule has 10 nitrogen and oxygen atoms in total.